The summed E-state index contributed by atoms with van der Waals surface area (Å²) >= 11 is 0. The minimum Gasteiger partial charge on any atom is -0.448 e. The molecule has 2 amide bonds. The summed E-state index contributed by atoms with van der Waals surface area (Å²) in [5.74, 6) is -0.577. The number of likely N-dealkylation sites (tertiary alicyclic amines) is 2. The number of urea groups is 1. The average molecular weight is 489 g/mol. The molecule has 0 radical (unpaired) electrons. The molecule has 2 aromatic carbocycles. The molecule has 2 aliphatic rings. The monoisotopic (exact) mass is 489 g/mol. The van der Waals surface area contributed by atoms with Gasteiger partial charge in [0.25, 0.3) is 0 Å². The van der Waals surface area contributed by atoms with E-state index in [1.807, 2.05) is 0 Å². The number of hydrogen-bond donors (Lipinski definition) is 1. The molecule has 0 bridgehead atoms. The van der Waals surface area contributed by atoms with E-state index >= 15 is 0 Å². The number of oxazole rings is 1. The first kappa shape index (κ1) is 23.3. The van der Waals surface area contributed by atoms with Gasteiger partial charge < -0.3 is 19.3 Å². The topological polar surface area (TPSA) is 69.8 Å². The number of halogens is 4. The molecule has 6 nitrogen and oxygen atoms in total. The Morgan fingerprint density at radius 3 is 2.34 bits per heavy atom. The van der Waals surface area contributed by atoms with Crippen molar-refractivity contribution in [3.63, 3.8) is 0 Å². The summed E-state index contributed by atoms with van der Waals surface area (Å²) in [6.07, 6.45) is -3.03. The highest BCUT2D eigenvalue weighted by Crippen LogP contribution is 2.38. The summed E-state index contributed by atoms with van der Waals surface area (Å²) in [4.78, 5) is 20.7. The van der Waals surface area contributed by atoms with Gasteiger partial charge in [-0.15, -0.1) is 0 Å². The van der Waals surface area contributed by atoms with Gasteiger partial charge in [0.15, 0.2) is 5.89 Å². The highest BCUT2D eigenvalue weighted by Gasteiger charge is 2.39. The lowest BCUT2D eigenvalue weighted by Crippen LogP contribution is -2.59. The van der Waals surface area contributed by atoms with E-state index in [4.69, 9.17) is 4.42 Å². The number of benzene rings is 2. The molecule has 35 heavy (non-hydrogen) atoms. The van der Waals surface area contributed by atoms with Gasteiger partial charge in [-0.25, -0.2) is 14.2 Å². The Morgan fingerprint density at radius 2 is 1.69 bits per heavy atom. The zero-order valence-electron chi connectivity index (χ0n) is 18.6. The third-order valence-electron chi connectivity index (χ3n) is 6.55. The number of β-amino-alcohol motifs (C(OH)–C–C–N with tert-alkyl or cyclic N) is 1. The van der Waals surface area contributed by atoms with E-state index in [1.54, 1.807) is 17.0 Å². The molecule has 184 valence electrons. The Labute approximate surface area is 198 Å². The fraction of sp³-hybridized carbons (Fsp3) is 0.360. The van der Waals surface area contributed by atoms with Crippen molar-refractivity contribution in [2.45, 2.75) is 30.5 Å². The molecular weight excluding hydrogens is 466 g/mol. The summed E-state index contributed by atoms with van der Waals surface area (Å²) in [6.45, 7) is 1.12. The molecule has 1 N–H and O–H groups in total. The summed E-state index contributed by atoms with van der Waals surface area (Å²) < 4.78 is 58.4. The largest absolute Gasteiger partial charge is 0.448 e. The summed E-state index contributed by atoms with van der Waals surface area (Å²) in [5.41, 5.74) is 0.960. The van der Waals surface area contributed by atoms with Crippen molar-refractivity contribution in [3.8, 4) is 11.3 Å². The molecule has 5 rings (SSSR count). The first-order valence-electron chi connectivity index (χ1n) is 11.3. The summed E-state index contributed by atoms with van der Waals surface area (Å²) in [5, 5.41) is 9.59. The normalized spacial score (nSPS) is 21.2. The maximum Gasteiger partial charge on any atom is 0.416 e. The maximum atomic E-state index is 13.6. The third kappa shape index (κ3) is 4.88. The average Bonchev–Trinajstić information content (AvgIpc) is 3.31. The van der Waals surface area contributed by atoms with Crippen LogP contribution in [0.15, 0.2) is 59.2 Å². The number of piperidine rings is 1. The van der Waals surface area contributed by atoms with Crippen molar-refractivity contribution < 1.29 is 31.9 Å². The van der Waals surface area contributed by atoms with Crippen molar-refractivity contribution in [1.82, 2.24) is 14.8 Å². The highest BCUT2D eigenvalue weighted by atomic mass is 19.4. The molecule has 2 fully saturated rings. The molecule has 10 heteroatoms. The van der Waals surface area contributed by atoms with Gasteiger partial charge in [0.2, 0.25) is 0 Å². The Hall–Kier alpha value is -3.40. The Balaban J connectivity index is 1.41. The summed E-state index contributed by atoms with van der Waals surface area (Å²) in [7, 11) is 0. The minimum absolute atomic E-state index is 0.240. The van der Waals surface area contributed by atoms with Gasteiger partial charge in [-0.05, 0) is 36.2 Å². The van der Waals surface area contributed by atoms with E-state index in [-0.39, 0.29) is 31.0 Å². The molecule has 1 aromatic heterocycles. The van der Waals surface area contributed by atoms with Gasteiger partial charge in [0.1, 0.15) is 17.8 Å². The number of amides is 2. The van der Waals surface area contributed by atoms with Crippen LogP contribution in [-0.4, -0.2) is 58.2 Å². The fourth-order valence-corrected chi connectivity index (χ4v) is 4.69. The lowest BCUT2D eigenvalue weighted by atomic mass is 9.84. The Bertz CT molecular complexity index is 1210. The highest BCUT2D eigenvalue weighted by molar-refractivity contribution is 5.76. The van der Waals surface area contributed by atoms with Crippen LogP contribution in [0, 0.1) is 5.82 Å². The third-order valence-corrected chi connectivity index (χ3v) is 6.55. The molecular formula is C25H23F4N3O3. The Morgan fingerprint density at radius 1 is 1.00 bits per heavy atom. The van der Waals surface area contributed by atoms with Crippen LogP contribution in [-0.2, 0) is 6.18 Å². The van der Waals surface area contributed by atoms with Crippen molar-refractivity contribution in [2.75, 3.05) is 26.2 Å². The Kier molecular flexibility index (Phi) is 6.00. The number of carbonyl (C=O) groups is 1. The summed E-state index contributed by atoms with van der Waals surface area (Å²) in [6, 6.07) is 10.7. The van der Waals surface area contributed by atoms with Crippen molar-refractivity contribution in [1.29, 1.82) is 0 Å². The molecule has 2 unspecified atom stereocenters. The number of aliphatic hydroxyl groups is 1. The van der Waals surface area contributed by atoms with Crippen LogP contribution in [0.4, 0.5) is 22.4 Å². The van der Waals surface area contributed by atoms with Crippen LogP contribution < -0.4 is 0 Å². The lowest BCUT2D eigenvalue weighted by Gasteiger charge is -2.43. The van der Waals surface area contributed by atoms with Crippen molar-refractivity contribution >= 4 is 6.03 Å². The van der Waals surface area contributed by atoms with Crippen LogP contribution in [0.1, 0.15) is 35.3 Å². The molecule has 0 spiro atoms. The number of rotatable bonds is 3. The number of nitrogens with zero attached hydrogens (tertiary/aromatic N) is 3. The number of alkyl halides is 3. The second-order valence-electron chi connectivity index (χ2n) is 9.08. The second kappa shape index (κ2) is 8.99. The van der Waals surface area contributed by atoms with E-state index in [0.29, 0.717) is 42.2 Å². The van der Waals surface area contributed by atoms with Crippen molar-refractivity contribution in [2.24, 2.45) is 0 Å². The van der Waals surface area contributed by atoms with E-state index in [2.05, 4.69) is 4.98 Å². The molecule has 2 aliphatic heterocycles. The molecule has 2 atom stereocenters. The molecule has 0 saturated carbocycles. The van der Waals surface area contributed by atoms with Gasteiger partial charge in [-0.2, -0.15) is 13.2 Å². The number of aromatic nitrogens is 1. The second-order valence-corrected chi connectivity index (χ2v) is 9.08. The van der Waals surface area contributed by atoms with Gasteiger partial charge in [0, 0.05) is 24.6 Å². The molecule has 3 aromatic rings. The van der Waals surface area contributed by atoms with E-state index in [0.717, 1.165) is 12.1 Å². The van der Waals surface area contributed by atoms with E-state index in [9.17, 15) is 27.5 Å². The van der Waals surface area contributed by atoms with Crippen LogP contribution in [0.3, 0.4) is 0 Å². The molecule has 0 aliphatic carbocycles. The maximum absolute atomic E-state index is 13.6. The zero-order chi connectivity index (χ0) is 24.7. The van der Waals surface area contributed by atoms with E-state index < -0.39 is 23.7 Å². The van der Waals surface area contributed by atoms with Gasteiger partial charge >= 0.3 is 12.2 Å². The minimum atomic E-state index is -4.43. The van der Waals surface area contributed by atoms with Gasteiger partial charge in [0.05, 0.1) is 30.7 Å². The van der Waals surface area contributed by atoms with Gasteiger partial charge in [-0.3, -0.25) is 0 Å². The number of carbonyl (C=O) groups excluding carboxylic acids is 1. The standard InChI is InChI=1S/C25H23F4N3O3/c26-20-3-1-2-16(9-20)22-14-35-23(30-22)18-8-17(15-4-6-19(7-5-15)25(27,28)29)10-31(11-18)24(34)32-12-21(33)13-32/h1-7,9,14,17-18,21,33H,8,10-13H2. The first-order valence-corrected chi connectivity index (χ1v) is 11.3. The zero-order valence-corrected chi connectivity index (χ0v) is 18.6. The lowest BCUT2D eigenvalue weighted by molar-refractivity contribution is -0.137. The fourth-order valence-electron chi connectivity index (χ4n) is 4.69. The molecule has 3 heterocycles. The van der Waals surface area contributed by atoms with Crippen LogP contribution >= 0.6 is 0 Å². The van der Waals surface area contributed by atoms with Gasteiger partial charge in [-0.1, -0.05) is 24.3 Å². The number of aliphatic hydroxyl groups excluding tert-OH is 1. The SMILES string of the molecule is O=C(N1CC(O)C1)N1CC(c2ccc(C(F)(F)F)cc2)CC(c2nc(-c3cccc(F)c3)co2)C1. The van der Waals surface area contributed by atoms with Crippen molar-refractivity contribution in [3.05, 3.63) is 77.6 Å². The molecule has 2 saturated heterocycles. The predicted molar refractivity (Wildman–Crippen MR) is 118 cm³/mol. The van der Waals surface area contributed by atoms with Crippen LogP contribution in [0.5, 0.6) is 0 Å². The first-order chi connectivity index (χ1) is 16.7. The van der Waals surface area contributed by atoms with Crippen LogP contribution in [0.25, 0.3) is 11.3 Å². The smallest absolute Gasteiger partial charge is 0.416 e. The van der Waals surface area contributed by atoms with E-state index in [1.165, 1.54) is 35.4 Å². The number of hydrogen-bond acceptors (Lipinski definition) is 4. The quantitative estimate of drug-likeness (QED) is 0.533. The van der Waals surface area contributed by atoms with Crippen LogP contribution in [0.2, 0.25) is 0 Å². The predicted octanol–water partition coefficient (Wildman–Crippen LogP) is 4.87.